The fourth-order valence-corrected chi connectivity index (χ4v) is 2.60. The van der Waals surface area contributed by atoms with Crippen LogP contribution in [0.2, 0.25) is 0 Å². The van der Waals surface area contributed by atoms with E-state index in [4.69, 9.17) is 10.3 Å². The van der Waals surface area contributed by atoms with Crippen molar-refractivity contribution in [2.24, 2.45) is 11.7 Å². The zero-order chi connectivity index (χ0) is 12.5. The maximum Gasteiger partial charge on any atom is 0.228 e. The third kappa shape index (κ3) is 2.76. The number of thiazole rings is 1. The highest BCUT2D eigenvalue weighted by atomic mass is 32.1. The summed E-state index contributed by atoms with van der Waals surface area (Å²) < 4.78 is 5.23. The SMILES string of the molecule is Cc1nc(Cc2noc(CC(N)C3CC3)n2)cs1. The number of hydrogen-bond acceptors (Lipinski definition) is 6. The van der Waals surface area contributed by atoms with Gasteiger partial charge in [0, 0.05) is 17.8 Å². The van der Waals surface area contributed by atoms with Crippen LogP contribution in [0.3, 0.4) is 0 Å². The van der Waals surface area contributed by atoms with Crippen LogP contribution < -0.4 is 5.73 Å². The number of hydrogen-bond donors (Lipinski definition) is 1. The maximum atomic E-state index is 6.04. The molecule has 0 aromatic carbocycles. The third-order valence-electron chi connectivity index (χ3n) is 3.15. The molecule has 0 radical (unpaired) electrons. The highest BCUT2D eigenvalue weighted by Gasteiger charge is 2.29. The van der Waals surface area contributed by atoms with Gasteiger partial charge in [-0.15, -0.1) is 11.3 Å². The van der Waals surface area contributed by atoms with E-state index in [2.05, 4.69) is 15.1 Å². The van der Waals surface area contributed by atoms with E-state index in [1.54, 1.807) is 11.3 Å². The average molecular weight is 264 g/mol. The Morgan fingerprint density at radius 3 is 3.00 bits per heavy atom. The summed E-state index contributed by atoms with van der Waals surface area (Å²) >= 11 is 1.64. The van der Waals surface area contributed by atoms with E-state index < -0.39 is 0 Å². The predicted molar refractivity (Wildman–Crippen MR) is 68.4 cm³/mol. The van der Waals surface area contributed by atoms with Gasteiger partial charge in [0.2, 0.25) is 5.89 Å². The normalized spacial score (nSPS) is 17.0. The summed E-state index contributed by atoms with van der Waals surface area (Å²) in [6.45, 7) is 1.99. The molecule has 2 aromatic heterocycles. The van der Waals surface area contributed by atoms with Crippen molar-refractivity contribution in [2.75, 3.05) is 0 Å². The summed E-state index contributed by atoms with van der Waals surface area (Å²) in [7, 11) is 0. The van der Waals surface area contributed by atoms with Crippen LogP contribution in [-0.2, 0) is 12.8 Å². The van der Waals surface area contributed by atoms with Crippen molar-refractivity contribution in [3.8, 4) is 0 Å². The van der Waals surface area contributed by atoms with Crippen LogP contribution in [0.25, 0.3) is 0 Å². The van der Waals surface area contributed by atoms with Crippen molar-refractivity contribution < 1.29 is 4.52 Å². The highest BCUT2D eigenvalue weighted by molar-refractivity contribution is 7.09. The van der Waals surface area contributed by atoms with Gasteiger partial charge in [-0.1, -0.05) is 5.16 Å². The molecule has 3 rings (SSSR count). The van der Waals surface area contributed by atoms with Crippen LogP contribution in [0.4, 0.5) is 0 Å². The molecule has 2 heterocycles. The van der Waals surface area contributed by atoms with Crippen LogP contribution in [0, 0.1) is 12.8 Å². The van der Waals surface area contributed by atoms with Crippen molar-refractivity contribution >= 4 is 11.3 Å². The zero-order valence-electron chi connectivity index (χ0n) is 10.3. The highest BCUT2D eigenvalue weighted by Crippen LogP contribution is 2.32. The number of aromatic nitrogens is 3. The topological polar surface area (TPSA) is 77.8 Å². The lowest BCUT2D eigenvalue weighted by atomic mass is 10.1. The molecule has 2 aromatic rings. The number of aryl methyl sites for hydroxylation is 1. The summed E-state index contributed by atoms with van der Waals surface area (Å²) in [6.07, 6.45) is 3.79. The van der Waals surface area contributed by atoms with Crippen LogP contribution in [0.1, 0.15) is 35.3 Å². The minimum Gasteiger partial charge on any atom is -0.339 e. The molecule has 1 unspecified atom stereocenters. The second-order valence-corrected chi connectivity index (χ2v) is 5.91. The second kappa shape index (κ2) is 4.78. The molecular formula is C12H16N4OS. The standard InChI is InChI=1S/C12H16N4OS/c1-7-14-9(6-18-7)4-11-15-12(17-16-11)5-10(13)8-2-3-8/h6,8,10H,2-5,13H2,1H3. The Morgan fingerprint density at radius 1 is 1.50 bits per heavy atom. The molecule has 2 N–H and O–H groups in total. The Balaban J connectivity index is 1.62. The van der Waals surface area contributed by atoms with Crippen molar-refractivity contribution in [1.82, 2.24) is 15.1 Å². The fourth-order valence-electron chi connectivity index (χ4n) is 1.99. The maximum absolute atomic E-state index is 6.04. The lowest BCUT2D eigenvalue weighted by Crippen LogP contribution is -2.25. The van der Waals surface area contributed by atoms with Crippen LogP contribution in [-0.4, -0.2) is 21.2 Å². The molecule has 5 nitrogen and oxygen atoms in total. The van der Waals surface area contributed by atoms with E-state index in [0.29, 0.717) is 30.5 Å². The van der Waals surface area contributed by atoms with Gasteiger partial charge >= 0.3 is 0 Å². The van der Waals surface area contributed by atoms with Gasteiger partial charge in [-0.3, -0.25) is 0 Å². The average Bonchev–Trinajstić information content (AvgIpc) is 2.99. The number of nitrogens with zero attached hydrogens (tertiary/aromatic N) is 3. The molecule has 6 heteroatoms. The van der Waals surface area contributed by atoms with Gasteiger partial charge < -0.3 is 10.3 Å². The van der Waals surface area contributed by atoms with E-state index in [0.717, 1.165) is 10.7 Å². The first-order chi connectivity index (χ1) is 8.70. The van der Waals surface area contributed by atoms with E-state index in [-0.39, 0.29) is 6.04 Å². The van der Waals surface area contributed by atoms with Gasteiger partial charge in [0.1, 0.15) is 0 Å². The molecule has 1 aliphatic carbocycles. The molecule has 1 saturated carbocycles. The molecular weight excluding hydrogens is 248 g/mol. The second-order valence-electron chi connectivity index (χ2n) is 4.84. The van der Waals surface area contributed by atoms with Gasteiger partial charge in [0.15, 0.2) is 5.82 Å². The molecule has 0 bridgehead atoms. The van der Waals surface area contributed by atoms with Crippen molar-refractivity contribution in [3.05, 3.63) is 27.8 Å². The number of nitrogens with two attached hydrogens (primary N) is 1. The third-order valence-corrected chi connectivity index (χ3v) is 3.98. The summed E-state index contributed by atoms with van der Waals surface area (Å²) in [5.74, 6) is 2.00. The fraction of sp³-hybridized carbons (Fsp3) is 0.583. The van der Waals surface area contributed by atoms with Crippen LogP contribution in [0.5, 0.6) is 0 Å². The van der Waals surface area contributed by atoms with Crippen LogP contribution in [0.15, 0.2) is 9.90 Å². The Hall–Kier alpha value is -1.27. The summed E-state index contributed by atoms with van der Waals surface area (Å²) in [5, 5.41) is 7.07. The first-order valence-corrected chi connectivity index (χ1v) is 7.06. The van der Waals surface area contributed by atoms with Gasteiger partial charge in [0.25, 0.3) is 0 Å². The van der Waals surface area contributed by atoms with E-state index in [1.165, 1.54) is 12.8 Å². The van der Waals surface area contributed by atoms with Crippen LogP contribution >= 0.6 is 11.3 Å². The lowest BCUT2D eigenvalue weighted by molar-refractivity contribution is 0.359. The summed E-state index contributed by atoms with van der Waals surface area (Å²) in [6, 6.07) is 0.166. The quantitative estimate of drug-likeness (QED) is 0.889. The smallest absolute Gasteiger partial charge is 0.228 e. The predicted octanol–water partition coefficient (Wildman–Crippen LogP) is 1.71. The van der Waals surface area contributed by atoms with Crippen molar-refractivity contribution in [2.45, 2.75) is 38.6 Å². The van der Waals surface area contributed by atoms with Gasteiger partial charge in [-0.2, -0.15) is 4.98 Å². The largest absolute Gasteiger partial charge is 0.339 e. The Bertz CT molecular complexity index is 532. The van der Waals surface area contributed by atoms with Gasteiger partial charge in [-0.05, 0) is 25.7 Å². The van der Waals surface area contributed by atoms with Gasteiger partial charge in [-0.25, -0.2) is 4.98 Å². The van der Waals surface area contributed by atoms with Gasteiger partial charge in [0.05, 0.1) is 17.1 Å². The lowest BCUT2D eigenvalue weighted by Gasteiger charge is -2.04. The van der Waals surface area contributed by atoms with E-state index in [1.807, 2.05) is 12.3 Å². The summed E-state index contributed by atoms with van der Waals surface area (Å²) in [5.41, 5.74) is 7.03. The Morgan fingerprint density at radius 2 is 2.33 bits per heavy atom. The molecule has 1 atom stereocenters. The van der Waals surface area contributed by atoms with Crippen molar-refractivity contribution in [1.29, 1.82) is 0 Å². The molecule has 0 amide bonds. The molecule has 18 heavy (non-hydrogen) atoms. The Kier molecular flexibility index (Phi) is 3.13. The summed E-state index contributed by atoms with van der Waals surface area (Å²) in [4.78, 5) is 8.76. The van der Waals surface area contributed by atoms with E-state index >= 15 is 0 Å². The Labute approximate surface area is 109 Å². The molecule has 96 valence electrons. The molecule has 0 spiro atoms. The zero-order valence-corrected chi connectivity index (χ0v) is 11.1. The minimum atomic E-state index is 0.166. The number of rotatable bonds is 5. The molecule has 0 aliphatic heterocycles. The first-order valence-electron chi connectivity index (χ1n) is 6.19. The van der Waals surface area contributed by atoms with E-state index in [9.17, 15) is 0 Å². The molecule has 1 fully saturated rings. The van der Waals surface area contributed by atoms with Crippen molar-refractivity contribution in [3.63, 3.8) is 0 Å². The first kappa shape index (κ1) is 11.8. The molecule has 1 aliphatic rings. The minimum absolute atomic E-state index is 0.166. The monoisotopic (exact) mass is 264 g/mol. The molecule has 0 saturated heterocycles.